The normalized spacial score (nSPS) is 22.7. The second-order valence-electron chi connectivity index (χ2n) is 6.66. The topological polar surface area (TPSA) is 81.9 Å². The van der Waals surface area contributed by atoms with E-state index in [9.17, 15) is 14.9 Å². The molecule has 1 spiro atoms. The summed E-state index contributed by atoms with van der Waals surface area (Å²) in [5.41, 5.74) is -0.985. The molecule has 0 aromatic heterocycles. The van der Waals surface area contributed by atoms with Crippen molar-refractivity contribution in [2.75, 3.05) is 4.90 Å². The highest BCUT2D eigenvalue weighted by Gasteiger charge is 2.63. The van der Waals surface area contributed by atoms with Crippen LogP contribution in [-0.2, 0) is 4.74 Å². The molecular formula is C19H16N2O5. The van der Waals surface area contributed by atoms with Crippen LogP contribution in [0.5, 0.6) is 5.75 Å². The summed E-state index contributed by atoms with van der Waals surface area (Å²) in [6.07, 6.45) is 2.93. The third kappa shape index (κ3) is 2.17. The largest absolute Gasteiger partial charge is 0.459 e. The Morgan fingerprint density at radius 1 is 1.08 bits per heavy atom. The molecule has 2 aromatic carbocycles. The maximum absolute atomic E-state index is 12.6. The summed E-state index contributed by atoms with van der Waals surface area (Å²) in [5, 5.41) is 11.0. The highest BCUT2D eigenvalue weighted by molar-refractivity contribution is 5.93. The van der Waals surface area contributed by atoms with E-state index in [1.807, 2.05) is 18.2 Å². The van der Waals surface area contributed by atoms with Gasteiger partial charge in [-0.25, -0.2) is 9.69 Å². The van der Waals surface area contributed by atoms with Crippen molar-refractivity contribution in [2.24, 2.45) is 0 Å². The number of amides is 1. The molecule has 0 aliphatic carbocycles. The molecule has 1 atom stereocenters. The van der Waals surface area contributed by atoms with Crippen molar-refractivity contribution in [3.63, 3.8) is 0 Å². The van der Waals surface area contributed by atoms with Crippen LogP contribution in [0.15, 0.2) is 54.6 Å². The van der Waals surface area contributed by atoms with Gasteiger partial charge in [0, 0.05) is 17.7 Å². The molecule has 7 heteroatoms. The van der Waals surface area contributed by atoms with E-state index in [1.54, 1.807) is 44.2 Å². The molecule has 2 aromatic rings. The molecule has 1 fully saturated rings. The van der Waals surface area contributed by atoms with Crippen molar-refractivity contribution in [3.8, 4) is 5.75 Å². The number of rotatable bonds is 2. The summed E-state index contributed by atoms with van der Waals surface area (Å²) in [6.45, 7) is 3.54. The Balaban J connectivity index is 1.84. The van der Waals surface area contributed by atoms with E-state index in [0.29, 0.717) is 17.0 Å². The van der Waals surface area contributed by atoms with Gasteiger partial charge in [0.15, 0.2) is 5.60 Å². The standard InChI is InChI=1S/C19H16N2O5/c1-18(2)19(20(17(22)26-18)14-6-4-3-5-7-14)11-10-13-12-15(21(23)24)8-9-16(13)25-19/h3-12H,1-2H3/t19-/m1/s1. The third-order valence-corrected chi connectivity index (χ3v) is 4.69. The van der Waals surface area contributed by atoms with Gasteiger partial charge in [0.05, 0.1) is 10.6 Å². The zero-order valence-electron chi connectivity index (χ0n) is 14.2. The Kier molecular flexibility index (Phi) is 3.30. The summed E-state index contributed by atoms with van der Waals surface area (Å²) in [4.78, 5) is 24.6. The van der Waals surface area contributed by atoms with Gasteiger partial charge >= 0.3 is 6.09 Å². The Morgan fingerprint density at radius 3 is 2.50 bits per heavy atom. The van der Waals surface area contributed by atoms with Crippen molar-refractivity contribution in [1.82, 2.24) is 0 Å². The highest BCUT2D eigenvalue weighted by atomic mass is 16.6. The molecule has 1 amide bonds. The number of ether oxygens (including phenoxy) is 2. The molecule has 0 N–H and O–H groups in total. The van der Waals surface area contributed by atoms with Gasteiger partial charge in [-0.1, -0.05) is 18.2 Å². The van der Waals surface area contributed by atoms with Gasteiger partial charge in [-0.05, 0) is 44.2 Å². The van der Waals surface area contributed by atoms with Crippen LogP contribution in [0.1, 0.15) is 19.4 Å². The summed E-state index contributed by atoms with van der Waals surface area (Å²) < 4.78 is 11.8. The van der Waals surface area contributed by atoms with Gasteiger partial charge in [0.2, 0.25) is 0 Å². The molecule has 0 unspecified atom stereocenters. The number of nitro benzene ring substituents is 1. The van der Waals surface area contributed by atoms with Crippen molar-refractivity contribution in [2.45, 2.75) is 25.2 Å². The van der Waals surface area contributed by atoms with Crippen molar-refractivity contribution >= 4 is 23.5 Å². The predicted molar refractivity (Wildman–Crippen MR) is 95.0 cm³/mol. The number of carbonyl (C=O) groups excluding carboxylic acids is 1. The molecule has 2 aliphatic rings. The van der Waals surface area contributed by atoms with Crippen molar-refractivity contribution in [3.05, 3.63) is 70.3 Å². The molecule has 4 rings (SSSR count). The smallest absolute Gasteiger partial charge is 0.418 e. The first-order chi connectivity index (χ1) is 12.3. The molecule has 132 valence electrons. The lowest BCUT2D eigenvalue weighted by molar-refractivity contribution is -0.384. The van der Waals surface area contributed by atoms with Gasteiger partial charge in [-0.15, -0.1) is 0 Å². The van der Waals surface area contributed by atoms with Crippen LogP contribution >= 0.6 is 0 Å². The minimum absolute atomic E-state index is 0.0223. The van der Waals surface area contributed by atoms with Gasteiger partial charge < -0.3 is 9.47 Å². The number of carbonyl (C=O) groups is 1. The van der Waals surface area contributed by atoms with E-state index in [0.717, 1.165) is 0 Å². The molecule has 2 aliphatic heterocycles. The third-order valence-electron chi connectivity index (χ3n) is 4.69. The predicted octanol–water partition coefficient (Wildman–Crippen LogP) is 4.13. The number of cyclic esters (lactones) is 1. The fourth-order valence-electron chi connectivity index (χ4n) is 3.34. The van der Waals surface area contributed by atoms with Crippen molar-refractivity contribution < 1.29 is 19.2 Å². The van der Waals surface area contributed by atoms with Gasteiger partial charge in [-0.2, -0.15) is 0 Å². The van der Waals surface area contributed by atoms with Crippen LogP contribution in [0, 0.1) is 10.1 Å². The molecule has 0 radical (unpaired) electrons. The van der Waals surface area contributed by atoms with Crippen LogP contribution in [0.25, 0.3) is 6.08 Å². The van der Waals surface area contributed by atoms with E-state index < -0.39 is 22.3 Å². The van der Waals surface area contributed by atoms with E-state index >= 15 is 0 Å². The second kappa shape index (κ2) is 5.32. The minimum Gasteiger partial charge on any atom is -0.459 e. The van der Waals surface area contributed by atoms with E-state index in [1.165, 1.54) is 17.0 Å². The summed E-state index contributed by atoms with van der Waals surface area (Å²) >= 11 is 0. The minimum atomic E-state index is -1.20. The number of nitro groups is 1. The quantitative estimate of drug-likeness (QED) is 0.599. The number of para-hydroxylation sites is 1. The van der Waals surface area contributed by atoms with Gasteiger partial charge in [0.25, 0.3) is 11.4 Å². The van der Waals surface area contributed by atoms with E-state index in [4.69, 9.17) is 9.47 Å². The first kappa shape index (κ1) is 16.1. The zero-order valence-corrected chi connectivity index (χ0v) is 14.2. The SMILES string of the molecule is CC1(C)OC(=O)N(c2ccccc2)[C@@]12C=Cc1cc([N+](=O)[O-])ccc1O2. The van der Waals surface area contributed by atoms with Crippen LogP contribution in [-0.4, -0.2) is 22.3 Å². The number of benzene rings is 2. The van der Waals surface area contributed by atoms with Gasteiger partial charge in [0.1, 0.15) is 5.75 Å². The molecule has 26 heavy (non-hydrogen) atoms. The molecule has 7 nitrogen and oxygen atoms in total. The monoisotopic (exact) mass is 352 g/mol. The van der Waals surface area contributed by atoms with Gasteiger partial charge in [-0.3, -0.25) is 10.1 Å². The highest BCUT2D eigenvalue weighted by Crippen LogP contribution is 2.47. The number of hydrogen-bond donors (Lipinski definition) is 0. The maximum atomic E-state index is 12.6. The maximum Gasteiger partial charge on any atom is 0.418 e. The summed E-state index contributed by atoms with van der Waals surface area (Å²) in [6, 6.07) is 13.5. The number of anilines is 1. The lowest BCUT2D eigenvalue weighted by Crippen LogP contribution is -2.60. The van der Waals surface area contributed by atoms with Crippen LogP contribution in [0.3, 0.4) is 0 Å². The lowest BCUT2D eigenvalue weighted by atomic mass is 9.90. The Hall–Kier alpha value is -3.35. The lowest BCUT2D eigenvalue weighted by Gasteiger charge is -2.42. The number of fused-ring (bicyclic) bond motifs is 1. The Morgan fingerprint density at radius 2 is 1.81 bits per heavy atom. The Labute approximate surface area is 149 Å². The fourth-order valence-corrected chi connectivity index (χ4v) is 3.34. The summed E-state index contributed by atoms with van der Waals surface area (Å²) in [7, 11) is 0. The van der Waals surface area contributed by atoms with Crippen LogP contribution in [0.2, 0.25) is 0 Å². The molecule has 1 saturated heterocycles. The molecule has 0 saturated carbocycles. The molecular weight excluding hydrogens is 336 g/mol. The van der Waals surface area contributed by atoms with Crippen LogP contribution in [0.4, 0.5) is 16.2 Å². The van der Waals surface area contributed by atoms with Crippen molar-refractivity contribution in [1.29, 1.82) is 0 Å². The second-order valence-corrected chi connectivity index (χ2v) is 6.66. The molecule has 0 bridgehead atoms. The first-order valence-corrected chi connectivity index (χ1v) is 8.09. The number of hydrogen-bond acceptors (Lipinski definition) is 5. The molecule has 2 heterocycles. The average molecular weight is 352 g/mol. The van der Waals surface area contributed by atoms with E-state index in [2.05, 4.69) is 0 Å². The fraction of sp³-hybridized carbons (Fsp3) is 0.211. The number of nitrogens with zero attached hydrogens (tertiary/aromatic N) is 2. The average Bonchev–Trinajstić information content (AvgIpc) is 2.80. The first-order valence-electron chi connectivity index (χ1n) is 8.09. The van der Waals surface area contributed by atoms with Crippen LogP contribution < -0.4 is 9.64 Å². The number of non-ortho nitro benzene ring substituents is 1. The van der Waals surface area contributed by atoms with E-state index in [-0.39, 0.29) is 5.69 Å². The zero-order chi connectivity index (χ0) is 18.5. The summed E-state index contributed by atoms with van der Waals surface area (Å²) in [5.74, 6) is 0.449. The Bertz CT molecular complexity index is 938.